The van der Waals surface area contributed by atoms with Gasteiger partial charge in [0, 0.05) is 17.5 Å². The van der Waals surface area contributed by atoms with E-state index in [4.69, 9.17) is 0 Å². The summed E-state index contributed by atoms with van der Waals surface area (Å²) in [6, 6.07) is 3.85. The van der Waals surface area contributed by atoms with E-state index in [-0.39, 0.29) is 0 Å². The van der Waals surface area contributed by atoms with Crippen LogP contribution in [0.25, 0.3) is 11.4 Å². The highest BCUT2D eigenvalue weighted by atomic mass is 16.4. The van der Waals surface area contributed by atoms with E-state index in [0.717, 1.165) is 41.9 Å². The molecule has 3 rings (SSSR count). The summed E-state index contributed by atoms with van der Waals surface area (Å²) >= 11 is 0. The monoisotopic (exact) mass is 284 g/mol. The van der Waals surface area contributed by atoms with E-state index in [9.17, 15) is 9.90 Å². The highest BCUT2D eigenvalue weighted by Gasteiger charge is 2.25. The SMILES string of the molecule is CCc1cnc(-c2cc(C(=O)O)c(C)c(C3CCC3)c2)[nH]1. The molecule has 4 heteroatoms. The van der Waals surface area contributed by atoms with Crippen molar-refractivity contribution in [2.75, 3.05) is 0 Å². The van der Waals surface area contributed by atoms with Crippen molar-refractivity contribution in [1.29, 1.82) is 0 Å². The second-order valence-electron chi connectivity index (χ2n) is 5.78. The first-order valence-corrected chi connectivity index (χ1v) is 7.52. The third-order valence-electron chi connectivity index (χ3n) is 4.51. The van der Waals surface area contributed by atoms with Crippen LogP contribution in [0.5, 0.6) is 0 Å². The van der Waals surface area contributed by atoms with Gasteiger partial charge in [0.15, 0.2) is 0 Å². The van der Waals surface area contributed by atoms with Gasteiger partial charge in [-0.15, -0.1) is 0 Å². The van der Waals surface area contributed by atoms with Gasteiger partial charge in [-0.2, -0.15) is 0 Å². The van der Waals surface area contributed by atoms with Crippen LogP contribution in [-0.4, -0.2) is 21.0 Å². The van der Waals surface area contributed by atoms with Crippen molar-refractivity contribution in [3.63, 3.8) is 0 Å². The summed E-state index contributed by atoms with van der Waals surface area (Å²) in [6.07, 6.45) is 6.25. The van der Waals surface area contributed by atoms with E-state index >= 15 is 0 Å². The van der Waals surface area contributed by atoms with Gasteiger partial charge < -0.3 is 10.1 Å². The number of aromatic amines is 1. The Morgan fingerprint density at radius 2 is 2.19 bits per heavy atom. The summed E-state index contributed by atoms with van der Waals surface area (Å²) in [6.45, 7) is 3.98. The van der Waals surface area contributed by atoms with Gasteiger partial charge in [0.25, 0.3) is 0 Å². The summed E-state index contributed by atoms with van der Waals surface area (Å²) in [7, 11) is 0. The van der Waals surface area contributed by atoms with Crippen molar-refractivity contribution in [2.24, 2.45) is 0 Å². The Balaban J connectivity index is 2.11. The highest BCUT2D eigenvalue weighted by Crippen LogP contribution is 2.40. The summed E-state index contributed by atoms with van der Waals surface area (Å²) in [5.41, 5.74) is 4.40. The first-order valence-electron chi connectivity index (χ1n) is 7.52. The average molecular weight is 284 g/mol. The fourth-order valence-corrected chi connectivity index (χ4v) is 2.92. The van der Waals surface area contributed by atoms with Crippen molar-refractivity contribution in [3.8, 4) is 11.4 Å². The second-order valence-corrected chi connectivity index (χ2v) is 5.78. The molecule has 1 aliphatic carbocycles. The minimum absolute atomic E-state index is 0.392. The van der Waals surface area contributed by atoms with Crippen LogP contribution in [0.2, 0.25) is 0 Å². The van der Waals surface area contributed by atoms with Gasteiger partial charge in [0.05, 0.1) is 5.56 Å². The molecule has 0 bridgehead atoms. The lowest BCUT2D eigenvalue weighted by molar-refractivity contribution is 0.0696. The van der Waals surface area contributed by atoms with Crippen LogP contribution in [0.1, 0.15) is 59.3 Å². The Bertz CT molecular complexity index is 684. The summed E-state index contributed by atoms with van der Waals surface area (Å²) < 4.78 is 0. The minimum Gasteiger partial charge on any atom is -0.478 e. The van der Waals surface area contributed by atoms with Crippen LogP contribution in [0.15, 0.2) is 18.3 Å². The molecule has 1 aliphatic rings. The number of aromatic nitrogens is 2. The van der Waals surface area contributed by atoms with Gasteiger partial charge in [0.2, 0.25) is 0 Å². The number of H-pyrrole nitrogens is 1. The second kappa shape index (κ2) is 5.35. The summed E-state index contributed by atoms with van der Waals surface area (Å²) in [5, 5.41) is 9.45. The number of carboxylic acid groups (broad SMARTS) is 1. The average Bonchev–Trinajstić information content (AvgIpc) is 2.87. The molecule has 0 atom stereocenters. The van der Waals surface area contributed by atoms with Gasteiger partial charge in [-0.05, 0) is 55.4 Å². The van der Waals surface area contributed by atoms with Crippen molar-refractivity contribution in [2.45, 2.75) is 45.4 Å². The minimum atomic E-state index is -0.864. The van der Waals surface area contributed by atoms with Crippen LogP contribution < -0.4 is 0 Å². The molecule has 1 aromatic carbocycles. The van der Waals surface area contributed by atoms with E-state index in [1.807, 2.05) is 13.1 Å². The number of aryl methyl sites for hydroxylation is 1. The number of benzene rings is 1. The molecule has 0 saturated heterocycles. The molecule has 1 saturated carbocycles. The van der Waals surface area contributed by atoms with Gasteiger partial charge in [-0.1, -0.05) is 13.3 Å². The zero-order valence-corrected chi connectivity index (χ0v) is 12.4. The van der Waals surface area contributed by atoms with Crippen LogP contribution >= 0.6 is 0 Å². The molecular formula is C17H20N2O2. The zero-order valence-electron chi connectivity index (χ0n) is 12.4. The maximum atomic E-state index is 11.5. The standard InChI is InChI=1S/C17H20N2O2/c1-3-13-9-18-16(19-13)12-7-14(11-5-4-6-11)10(2)15(8-12)17(20)21/h7-9,11H,3-6H2,1-2H3,(H,18,19)(H,20,21). The summed E-state index contributed by atoms with van der Waals surface area (Å²) in [4.78, 5) is 19.2. The molecule has 1 fully saturated rings. The number of imidazole rings is 1. The van der Waals surface area contributed by atoms with Gasteiger partial charge in [-0.3, -0.25) is 0 Å². The lowest BCUT2D eigenvalue weighted by Gasteiger charge is -2.28. The van der Waals surface area contributed by atoms with Gasteiger partial charge >= 0.3 is 5.97 Å². The maximum absolute atomic E-state index is 11.5. The number of hydrogen-bond acceptors (Lipinski definition) is 2. The van der Waals surface area contributed by atoms with Crippen molar-refractivity contribution < 1.29 is 9.90 Å². The molecular weight excluding hydrogens is 264 g/mol. The van der Waals surface area contributed by atoms with E-state index in [2.05, 4.69) is 23.0 Å². The zero-order chi connectivity index (χ0) is 15.0. The predicted octanol–water partition coefficient (Wildman–Crippen LogP) is 3.91. The molecule has 0 amide bonds. The Kier molecular flexibility index (Phi) is 3.53. The first kappa shape index (κ1) is 13.9. The molecule has 1 aromatic heterocycles. The fraction of sp³-hybridized carbons (Fsp3) is 0.412. The number of aromatic carboxylic acids is 1. The quantitative estimate of drug-likeness (QED) is 0.894. The Morgan fingerprint density at radius 3 is 2.71 bits per heavy atom. The van der Waals surface area contributed by atoms with E-state index in [0.29, 0.717) is 11.5 Å². The van der Waals surface area contributed by atoms with Gasteiger partial charge in [0.1, 0.15) is 5.82 Å². The van der Waals surface area contributed by atoms with E-state index < -0.39 is 5.97 Å². The third kappa shape index (κ3) is 2.46. The van der Waals surface area contributed by atoms with Crippen molar-refractivity contribution in [3.05, 3.63) is 40.7 Å². The molecule has 2 N–H and O–H groups in total. The molecule has 1 heterocycles. The maximum Gasteiger partial charge on any atom is 0.335 e. The van der Waals surface area contributed by atoms with E-state index in [1.165, 1.54) is 12.0 Å². The first-order chi connectivity index (χ1) is 10.1. The smallest absolute Gasteiger partial charge is 0.335 e. The van der Waals surface area contributed by atoms with Crippen molar-refractivity contribution >= 4 is 5.97 Å². The lowest BCUT2D eigenvalue weighted by atomic mass is 9.77. The Labute approximate surface area is 124 Å². The molecule has 0 spiro atoms. The van der Waals surface area contributed by atoms with Crippen LogP contribution in [0.4, 0.5) is 0 Å². The van der Waals surface area contributed by atoms with Crippen molar-refractivity contribution in [1.82, 2.24) is 9.97 Å². The number of carboxylic acids is 1. The Morgan fingerprint density at radius 1 is 1.43 bits per heavy atom. The number of carbonyl (C=O) groups is 1. The normalized spacial score (nSPS) is 15.0. The number of rotatable bonds is 4. The molecule has 21 heavy (non-hydrogen) atoms. The third-order valence-corrected chi connectivity index (χ3v) is 4.51. The lowest BCUT2D eigenvalue weighted by Crippen LogP contribution is -2.13. The number of nitrogens with zero attached hydrogens (tertiary/aromatic N) is 1. The molecule has 2 aromatic rings. The molecule has 4 nitrogen and oxygen atoms in total. The van der Waals surface area contributed by atoms with E-state index in [1.54, 1.807) is 6.07 Å². The summed E-state index contributed by atoms with van der Waals surface area (Å²) in [5.74, 6) is 0.399. The molecule has 0 radical (unpaired) electrons. The predicted molar refractivity (Wildman–Crippen MR) is 81.7 cm³/mol. The molecule has 110 valence electrons. The molecule has 0 aliphatic heterocycles. The van der Waals surface area contributed by atoms with Crippen LogP contribution in [0.3, 0.4) is 0 Å². The topological polar surface area (TPSA) is 66.0 Å². The largest absolute Gasteiger partial charge is 0.478 e. The van der Waals surface area contributed by atoms with Crippen LogP contribution in [-0.2, 0) is 6.42 Å². The van der Waals surface area contributed by atoms with Crippen LogP contribution in [0, 0.1) is 6.92 Å². The van der Waals surface area contributed by atoms with Gasteiger partial charge in [-0.25, -0.2) is 9.78 Å². The fourth-order valence-electron chi connectivity index (χ4n) is 2.92. The number of hydrogen-bond donors (Lipinski definition) is 2. The Hall–Kier alpha value is -2.10. The highest BCUT2D eigenvalue weighted by molar-refractivity contribution is 5.91. The number of nitrogens with one attached hydrogen (secondary N) is 1. The molecule has 0 unspecified atom stereocenters.